The van der Waals surface area contributed by atoms with Crippen LogP contribution in [-0.2, 0) is 14.2 Å². The highest BCUT2D eigenvalue weighted by Gasteiger charge is 2.26. The minimum absolute atomic E-state index is 0.849. The van der Waals surface area contributed by atoms with Gasteiger partial charge in [0.05, 0.1) is 0 Å². The lowest BCUT2D eigenvalue weighted by molar-refractivity contribution is 0.0840. The van der Waals surface area contributed by atoms with Crippen molar-refractivity contribution in [3.05, 3.63) is 0 Å². The van der Waals surface area contributed by atoms with Gasteiger partial charge in [-0.2, -0.15) is 0 Å². The summed E-state index contributed by atoms with van der Waals surface area (Å²) in [5.41, 5.74) is 0. The normalized spacial score (nSPS) is 33.9. The third kappa shape index (κ3) is 14.5. The summed E-state index contributed by atoms with van der Waals surface area (Å²) < 4.78 is 17.5. The minimum atomic E-state index is 0.849. The van der Waals surface area contributed by atoms with Crippen LogP contribution in [0, 0.1) is 47.3 Å². The first-order chi connectivity index (χ1) is 21.2. The first-order valence-electron chi connectivity index (χ1n) is 19.9. The molecule has 252 valence electrons. The summed E-state index contributed by atoms with van der Waals surface area (Å²) >= 11 is 0. The molecule has 4 rings (SSSR count). The number of hydrogen-bond acceptors (Lipinski definition) is 3. The molecule has 0 amide bonds. The van der Waals surface area contributed by atoms with Gasteiger partial charge in [-0.1, -0.05) is 103 Å². The second-order valence-electron chi connectivity index (χ2n) is 15.9. The summed E-state index contributed by atoms with van der Waals surface area (Å²) in [6, 6.07) is 0. The van der Waals surface area contributed by atoms with E-state index in [1.807, 2.05) is 0 Å². The zero-order chi connectivity index (χ0) is 30.0. The van der Waals surface area contributed by atoms with Gasteiger partial charge >= 0.3 is 0 Å². The van der Waals surface area contributed by atoms with Crippen LogP contribution in [0.25, 0.3) is 0 Å². The Bertz CT molecular complexity index is 593. The summed E-state index contributed by atoms with van der Waals surface area (Å²) in [5, 5.41) is 0. The van der Waals surface area contributed by atoms with Crippen molar-refractivity contribution in [1.29, 1.82) is 0 Å². The van der Waals surface area contributed by atoms with Gasteiger partial charge in [-0.15, -0.1) is 0 Å². The third-order valence-electron chi connectivity index (χ3n) is 12.7. The van der Waals surface area contributed by atoms with Crippen LogP contribution >= 0.6 is 0 Å². The molecule has 4 saturated carbocycles. The molecule has 0 heterocycles. The first-order valence-corrected chi connectivity index (χ1v) is 19.9. The van der Waals surface area contributed by atoms with E-state index in [1.54, 1.807) is 0 Å². The first kappa shape index (κ1) is 35.7. The van der Waals surface area contributed by atoms with Gasteiger partial charge in [0.15, 0.2) is 0 Å². The molecular formula is C40H74O3. The molecule has 0 aromatic carbocycles. The Kier molecular flexibility index (Phi) is 18.0. The topological polar surface area (TPSA) is 27.7 Å². The standard InChI is InChI=1S/C40H74O3/c1-3-41-31-39-25-21-37(22-26-39)19-17-35-13-9-33(10-14-35)7-5-29-43-30-6-8-34-11-15-36(16-12-34)18-20-38-23-27-40(28-24-38)32-42-4-2/h33-40H,3-32H2,1-2H3. The fourth-order valence-electron chi connectivity index (χ4n) is 9.55. The number of rotatable bonds is 20. The molecule has 0 aliphatic heterocycles. The van der Waals surface area contributed by atoms with Crippen molar-refractivity contribution in [2.24, 2.45) is 47.3 Å². The van der Waals surface area contributed by atoms with Gasteiger partial charge in [-0.05, 0) is 113 Å². The van der Waals surface area contributed by atoms with Crippen molar-refractivity contribution >= 4 is 0 Å². The van der Waals surface area contributed by atoms with E-state index in [2.05, 4.69) is 13.8 Å². The largest absolute Gasteiger partial charge is 0.381 e. The van der Waals surface area contributed by atoms with Crippen molar-refractivity contribution < 1.29 is 14.2 Å². The highest BCUT2D eigenvalue weighted by atomic mass is 16.5. The van der Waals surface area contributed by atoms with Crippen LogP contribution in [-0.4, -0.2) is 39.6 Å². The predicted octanol–water partition coefficient (Wildman–Crippen LogP) is 11.4. The van der Waals surface area contributed by atoms with Crippen molar-refractivity contribution in [3.8, 4) is 0 Å². The number of ether oxygens (including phenoxy) is 3. The molecule has 0 unspecified atom stereocenters. The van der Waals surface area contributed by atoms with E-state index < -0.39 is 0 Å². The van der Waals surface area contributed by atoms with Crippen LogP contribution in [0.4, 0.5) is 0 Å². The second-order valence-corrected chi connectivity index (χ2v) is 15.9. The highest BCUT2D eigenvalue weighted by Crippen LogP contribution is 2.39. The van der Waals surface area contributed by atoms with E-state index in [9.17, 15) is 0 Å². The maximum absolute atomic E-state index is 6.11. The molecule has 0 radical (unpaired) electrons. The Hall–Kier alpha value is -0.120. The molecule has 0 aromatic heterocycles. The summed E-state index contributed by atoms with van der Waals surface area (Å²) in [7, 11) is 0. The zero-order valence-electron chi connectivity index (χ0n) is 29.1. The fraction of sp³-hybridized carbons (Fsp3) is 1.00. The molecule has 0 N–H and O–H groups in total. The Morgan fingerprint density at radius 3 is 0.860 bits per heavy atom. The molecular weight excluding hydrogens is 528 g/mol. The van der Waals surface area contributed by atoms with E-state index >= 15 is 0 Å². The average Bonchev–Trinajstić information content (AvgIpc) is 3.06. The lowest BCUT2D eigenvalue weighted by Crippen LogP contribution is -2.20. The monoisotopic (exact) mass is 603 g/mol. The molecule has 3 nitrogen and oxygen atoms in total. The zero-order valence-corrected chi connectivity index (χ0v) is 29.1. The van der Waals surface area contributed by atoms with E-state index in [0.717, 1.165) is 87.0 Å². The smallest absolute Gasteiger partial charge is 0.0494 e. The summed E-state index contributed by atoms with van der Waals surface area (Å²) in [4.78, 5) is 0. The van der Waals surface area contributed by atoms with Gasteiger partial charge in [-0.25, -0.2) is 0 Å². The predicted molar refractivity (Wildman–Crippen MR) is 183 cm³/mol. The van der Waals surface area contributed by atoms with Gasteiger partial charge in [0.1, 0.15) is 0 Å². The quantitative estimate of drug-likeness (QED) is 0.130. The fourth-order valence-corrected chi connectivity index (χ4v) is 9.55. The average molecular weight is 603 g/mol. The Labute approximate surface area is 268 Å². The summed E-state index contributed by atoms with van der Waals surface area (Å²) in [6.45, 7) is 10.0. The molecule has 0 aromatic rings. The Balaban J connectivity index is 0.904. The van der Waals surface area contributed by atoms with Crippen LogP contribution in [0.3, 0.4) is 0 Å². The van der Waals surface area contributed by atoms with E-state index in [4.69, 9.17) is 14.2 Å². The van der Waals surface area contributed by atoms with Gasteiger partial charge in [0.25, 0.3) is 0 Å². The molecule has 0 spiro atoms. The molecule has 3 heteroatoms. The van der Waals surface area contributed by atoms with E-state index in [1.165, 1.54) is 154 Å². The van der Waals surface area contributed by atoms with Crippen LogP contribution in [0.2, 0.25) is 0 Å². The maximum Gasteiger partial charge on any atom is 0.0494 e. The van der Waals surface area contributed by atoms with Crippen LogP contribution in [0.1, 0.15) is 168 Å². The molecule has 0 atom stereocenters. The summed E-state index contributed by atoms with van der Waals surface area (Å²) in [5.74, 6) is 7.75. The van der Waals surface area contributed by atoms with Crippen LogP contribution in [0.5, 0.6) is 0 Å². The SMILES string of the molecule is CCOCC1CCC(CCC2CCC(CCCOCCCC3CCC(CCC4CCC(COCC)CC4)CC3)CC2)CC1. The summed E-state index contributed by atoms with van der Waals surface area (Å²) in [6.07, 6.45) is 34.9. The molecule has 4 aliphatic rings. The Morgan fingerprint density at radius 2 is 0.581 bits per heavy atom. The van der Waals surface area contributed by atoms with Gasteiger partial charge in [0, 0.05) is 39.6 Å². The van der Waals surface area contributed by atoms with Crippen molar-refractivity contribution in [2.45, 2.75) is 168 Å². The van der Waals surface area contributed by atoms with E-state index in [0.29, 0.717) is 0 Å². The lowest BCUT2D eigenvalue weighted by atomic mass is 9.75. The molecule has 4 fully saturated rings. The number of hydrogen-bond donors (Lipinski definition) is 0. The molecule has 4 aliphatic carbocycles. The minimum Gasteiger partial charge on any atom is -0.381 e. The van der Waals surface area contributed by atoms with Crippen LogP contribution in [0.15, 0.2) is 0 Å². The third-order valence-corrected chi connectivity index (χ3v) is 12.7. The van der Waals surface area contributed by atoms with E-state index in [-0.39, 0.29) is 0 Å². The Morgan fingerprint density at radius 1 is 0.326 bits per heavy atom. The van der Waals surface area contributed by atoms with Crippen molar-refractivity contribution in [3.63, 3.8) is 0 Å². The van der Waals surface area contributed by atoms with Crippen LogP contribution < -0.4 is 0 Å². The van der Waals surface area contributed by atoms with Gasteiger partial charge in [0.2, 0.25) is 0 Å². The maximum atomic E-state index is 6.11. The lowest BCUT2D eigenvalue weighted by Gasteiger charge is -2.32. The molecule has 0 bridgehead atoms. The van der Waals surface area contributed by atoms with Gasteiger partial charge < -0.3 is 14.2 Å². The van der Waals surface area contributed by atoms with Gasteiger partial charge in [-0.3, -0.25) is 0 Å². The molecule has 0 saturated heterocycles. The molecule has 43 heavy (non-hydrogen) atoms. The highest BCUT2D eigenvalue weighted by molar-refractivity contribution is 4.78. The second kappa shape index (κ2) is 21.6. The van der Waals surface area contributed by atoms with Crippen molar-refractivity contribution in [1.82, 2.24) is 0 Å². The van der Waals surface area contributed by atoms with Crippen molar-refractivity contribution in [2.75, 3.05) is 39.6 Å².